The predicted molar refractivity (Wildman–Crippen MR) is 117 cm³/mol. The van der Waals surface area contributed by atoms with Gasteiger partial charge in [-0.1, -0.05) is 33.8 Å². The second-order valence-electron chi connectivity index (χ2n) is 8.28. The van der Waals surface area contributed by atoms with Crippen LogP contribution in [0.2, 0.25) is 0 Å². The highest BCUT2D eigenvalue weighted by Gasteiger charge is 2.17. The van der Waals surface area contributed by atoms with E-state index >= 15 is 0 Å². The van der Waals surface area contributed by atoms with Gasteiger partial charge in [-0.25, -0.2) is 9.67 Å². The first-order valence-corrected chi connectivity index (χ1v) is 10.1. The van der Waals surface area contributed by atoms with E-state index in [0.29, 0.717) is 29.9 Å². The average molecular weight is 412 g/mol. The molecule has 0 spiro atoms. The van der Waals surface area contributed by atoms with Crippen LogP contribution in [-0.4, -0.2) is 31.8 Å². The molecule has 1 N–H and O–H groups in total. The molecule has 3 rings (SSSR count). The van der Waals surface area contributed by atoms with E-state index in [1.165, 1.54) is 10.7 Å². The summed E-state index contributed by atoms with van der Waals surface area (Å²) in [6, 6.07) is 7.31. The summed E-state index contributed by atoms with van der Waals surface area (Å²) in [6.45, 7) is 10.3. The lowest BCUT2D eigenvalue weighted by atomic mass is 10.1. The molecule has 0 aliphatic heterocycles. The first-order chi connectivity index (χ1) is 14.2. The number of nitrogens with zero attached hydrogens (tertiary/aromatic N) is 4. The number of ether oxygens (including phenoxy) is 1. The van der Waals surface area contributed by atoms with Gasteiger partial charge < -0.3 is 9.30 Å². The number of imidazole rings is 1. The Morgan fingerprint density at radius 2 is 1.93 bits per heavy atom. The third-order valence-corrected chi connectivity index (χ3v) is 4.69. The van der Waals surface area contributed by atoms with E-state index < -0.39 is 0 Å². The Balaban J connectivity index is 1.82. The van der Waals surface area contributed by atoms with Gasteiger partial charge in [0.15, 0.2) is 0 Å². The maximum absolute atomic E-state index is 12.6. The molecular formula is C22H29N5O3. The zero-order valence-corrected chi connectivity index (χ0v) is 18.4. The van der Waals surface area contributed by atoms with Crippen molar-refractivity contribution in [3.8, 4) is 5.75 Å². The predicted octanol–water partition coefficient (Wildman–Crippen LogP) is 3.24. The van der Waals surface area contributed by atoms with Crippen molar-refractivity contribution < 1.29 is 9.53 Å². The maximum Gasteiger partial charge on any atom is 0.270 e. The molecule has 3 aromatic rings. The first-order valence-electron chi connectivity index (χ1n) is 10.1. The Hall–Kier alpha value is -3.16. The van der Waals surface area contributed by atoms with Crippen LogP contribution in [0.15, 0.2) is 29.1 Å². The van der Waals surface area contributed by atoms with Crippen molar-refractivity contribution in [2.24, 2.45) is 13.0 Å². The Bertz CT molecular complexity index is 1130. The Morgan fingerprint density at radius 3 is 2.60 bits per heavy atom. The monoisotopic (exact) mass is 411 g/mol. The van der Waals surface area contributed by atoms with Gasteiger partial charge in [0, 0.05) is 19.0 Å². The number of anilines is 1. The van der Waals surface area contributed by atoms with Crippen LogP contribution in [0.1, 0.15) is 44.9 Å². The number of nitrogens with one attached hydrogen (secondary N) is 1. The summed E-state index contributed by atoms with van der Waals surface area (Å²) in [6.07, 6.45) is 0. The minimum absolute atomic E-state index is 0.0464. The summed E-state index contributed by atoms with van der Waals surface area (Å²) in [5.41, 5.74) is 3.10. The minimum atomic E-state index is -0.381. The second-order valence-corrected chi connectivity index (χ2v) is 8.28. The zero-order chi connectivity index (χ0) is 22.0. The molecule has 0 saturated heterocycles. The van der Waals surface area contributed by atoms with Crippen LogP contribution < -0.4 is 15.6 Å². The normalized spacial score (nSPS) is 11.5. The van der Waals surface area contributed by atoms with Gasteiger partial charge in [-0.05, 0) is 30.5 Å². The van der Waals surface area contributed by atoms with Crippen molar-refractivity contribution in [1.82, 2.24) is 19.3 Å². The molecule has 2 heterocycles. The highest BCUT2D eigenvalue weighted by Crippen LogP contribution is 2.23. The van der Waals surface area contributed by atoms with Crippen molar-refractivity contribution >= 4 is 22.9 Å². The van der Waals surface area contributed by atoms with Crippen LogP contribution >= 0.6 is 0 Å². The zero-order valence-electron chi connectivity index (χ0n) is 18.4. The smallest absolute Gasteiger partial charge is 0.270 e. The SMILES string of the molecule is Cc1ccc2nc(NC(=O)Cn3nc(C(C)C)c(OCC(C)C)cc3=O)n(C)c2c1. The van der Waals surface area contributed by atoms with Crippen LogP contribution in [-0.2, 0) is 18.4 Å². The fourth-order valence-corrected chi connectivity index (χ4v) is 3.09. The third-order valence-electron chi connectivity index (χ3n) is 4.69. The van der Waals surface area contributed by atoms with Gasteiger partial charge >= 0.3 is 0 Å². The third kappa shape index (κ3) is 4.69. The molecule has 0 aliphatic rings. The molecule has 2 aromatic heterocycles. The van der Waals surface area contributed by atoms with Crippen molar-refractivity contribution in [2.75, 3.05) is 11.9 Å². The molecule has 30 heavy (non-hydrogen) atoms. The Morgan fingerprint density at radius 1 is 1.20 bits per heavy atom. The lowest BCUT2D eigenvalue weighted by Crippen LogP contribution is -2.31. The summed E-state index contributed by atoms with van der Waals surface area (Å²) in [5.74, 6) is 0.909. The van der Waals surface area contributed by atoms with E-state index in [0.717, 1.165) is 16.6 Å². The van der Waals surface area contributed by atoms with Crippen molar-refractivity contribution in [3.05, 3.63) is 45.9 Å². The number of aromatic nitrogens is 4. The van der Waals surface area contributed by atoms with Crippen LogP contribution in [0.5, 0.6) is 5.75 Å². The largest absolute Gasteiger partial charge is 0.491 e. The number of hydrogen-bond donors (Lipinski definition) is 1. The topological polar surface area (TPSA) is 91.0 Å². The summed E-state index contributed by atoms with van der Waals surface area (Å²) < 4.78 is 8.75. The van der Waals surface area contributed by atoms with Gasteiger partial charge in [0.2, 0.25) is 11.9 Å². The second kappa shape index (κ2) is 8.69. The van der Waals surface area contributed by atoms with Crippen LogP contribution in [0.25, 0.3) is 11.0 Å². The van der Waals surface area contributed by atoms with Crippen molar-refractivity contribution in [1.29, 1.82) is 0 Å². The van der Waals surface area contributed by atoms with Crippen LogP contribution in [0, 0.1) is 12.8 Å². The molecule has 1 amide bonds. The van der Waals surface area contributed by atoms with E-state index in [4.69, 9.17) is 4.74 Å². The Kier molecular flexibility index (Phi) is 6.24. The van der Waals surface area contributed by atoms with Gasteiger partial charge in [-0.2, -0.15) is 5.10 Å². The lowest BCUT2D eigenvalue weighted by Gasteiger charge is -2.16. The lowest BCUT2D eigenvalue weighted by molar-refractivity contribution is -0.117. The highest BCUT2D eigenvalue weighted by molar-refractivity contribution is 5.91. The number of carbonyl (C=O) groups excluding carboxylic acids is 1. The maximum atomic E-state index is 12.6. The first kappa shape index (κ1) is 21.5. The number of carbonyl (C=O) groups is 1. The van der Waals surface area contributed by atoms with Gasteiger partial charge in [0.1, 0.15) is 18.0 Å². The fraction of sp³-hybridized carbons (Fsp3) is 0.455. The number of amides is 1. The van der Waals surface area contributed by atoms with Gasteiger partial charge in [0.25, 0.3) is 5.56 Å². The standard InChI is InChI=1S/C22H29N5O3/c1-13(2)12-30-18-10-20(29)27(25-21(18)14(3)4)11-19(28)24-22-23-16-8-7-15(5)9-17(16)26(22)6/h7-10,13-14H,11-12H2,1-6H3,(H,23,24,28). The van der Waals surface area contributed by atoms with Crippen molar-refractivity contribution in [2.45, 2.75) is 47.1 Å². The number of aryl methyl sites for hydroxylation is 2. The number of fused-ring (bicyclic) bond motifs is 1. The van der Waals surface area contributed by atoms with Crippen molar-refractivity contribution in [3.63, 3.8) is 0 Å². The summed E-state index contributed by atoms with van der Waals surface area (Å²) >= 11 is 0. The minimum Gasteiger partial charge on any atom is -0.491 e. The Labute approximate surface area is 175 Å². The average Bonchev–Trinajstić information content (AvgIpc) is 2.96. The number of benzene rings is 1. The highest BCUT2D eigenvalue weighted by atomic mass is 16.5. The molecule has 0 saturated carbocycles. The number of hydrogen-bond acceptors (Lipinski definition) is 5. The summed E-state index contributed by atoms with van der Waals surface area (Å²) in [5, 5.41) is 7.18. The molecule has 8 heteroatoms. The quantitative estimate of drug-likeness (QED) is 0.644. The van der Waals surface area contributed by atoms with E-state index in [1.54, 1.807) is 0 Å². The molecule has 8 nitrogen and oxygen atoms in total. The summed E-state index contributed by atoms with van der Waals surface area (Å²) in [4.78, 5) is 29.6. The fourth-order valence-electron chi connectivity index (χ4n) is 3.09. The summed E-state index contributed by atoms with van der Waals surface area (Å²) in [7, 11) is 1.84. The molecule has 0 unspecified atom stereocenters. The van der Waals surface area contributed by atoms with E-state index in [-0.39, 0.29) is 23.9 Å². The molecule has 160 valence electrons. The van der Waals surface area contributed by atoms with Gasteiger partial charge in [0.05, 0.1) is 17.6 Å². The molecule has 0 radical (unpaired) electrons. The molecule has 0 bridgehead atoms. The molecule has 0 aliphatic carbocycles. The molecular weight excluding hydrogens is 382 g/mol. The van der Waals surface area contributed by atoms with Gasteiger partial charge in [-0.15, -0.1) is 0 Å². The van der Waals surface area contributed by atoms with Gasteiger partial charge in [-0.3, -0.25) is 14.9 Å². The molecule has 1 aromatic carbocycles. The van der Waals surface area contributed by atoms with E-state index in [9.17, 15) is 9.59 Å². The molecule has 0 atom stereocenters. The number of rotatable bonds is 7. The van der Waals surface area contributed by atoms with E-state index in [2.05, 4.69) is 15.4 Å². The molecule has 0 fully saturated rings. The van der Waals surface area contributed by atoms with Crippen LogP contribution in [0.4, 0.5) is 5.95 Å². The van der Waals surface area contributed by atoms with E-state index in [1.807, 2.05) is 64.4 Å². The van der Waals surface area contributed by atoms with Crippen LogP contribution in [0.3, 0.4) is 0 Å².